The first-order valence-electron chi connectivity index (χ1n) is 5.05. The zero-order valence-electron chi connectivity index (χ0n) is 9.13. The summed E-state index contributed by atoms with van der Waals surface area (Å²) in [6.45, 7) is 1.62. The fraction of sp³-hybridized carbons (Fsp3) is 0.556. The highest BCUT2D eigenvalue weighted by atomic mass is 32.2. The van der Waals surface area contributed by atoms with Crippen LogP contribution < -0.4 is 5.32 Å². The van der Waals surface area contributed by atoms with E-state index < -0.39 is 15.8 Å². The summed E-state index contributed by atoms with van der Waals surface area (Å²) in [5, 5.41) is 12.4. The zero-order chi connectivity index (χ0) is 12.6. The monoisotopic (exact) mass is 276 g/mol. The number of carboxylic acids is 1. The molecule has 0 saturated carbocycles. The average Bonchev–Trinajstić information content (AvgIpc) is 2.71. The van der Waals surface area contributed by atoms with Crippen LogP contribution in [0.4, 0.5) is 5.00 Å². The first-order valence-corrected chi connectivity index (χ1v) is 7.65. The van der Waals surface area contributed by atoms with Gasteiger partial charge in [-0.15, -0.1) is 0 Å². The molecule has 8 heteroatoms. The van der Waals surface area contributed by atoms with E-state index in [0.717, 1.165) is 11.5 Å². The minimum Gasteiger partial charge on any atom is -0.478 e. The molecule has 0 radical (unpaired) electrons. The smallest absolute Gasteiger partial charge is 0.340 e. The van der Waals surface area contributed by atoms with E-state index in [9.17, 15) is 13.2 Å². The Kier molecular flexibility index (Phi) is 3.09. The van der Waals surface area contributed by atoms with Gasteiger partial charge >= 0.3 is 5.97 Å². The van der Waals surface area contributed by atoms with Gasteiger partial charge in [-0.05, 0) is 24.9 Å². The van der Waals surface area contributed by atoms with Crippen molar-refractivity contribution in [1.82, 2.24) is 4.37 Å². The van der Waals surface area contributed by atoms with Gasteiger partial charge in [-0.2, -0.15) is 4.37 Å². The van der Waals surface area contributed by atoms with Gasteiger partial charge < -0.3 is 10.4 Å². The van der Waals surface area contributed by atoms with Crippen molar-refractivity contribution in [2.24, 2.45) is 0 Å². The molecular formula is C9H12N2O4S2. The molecule has 0 aromatic carbocycles. The number of hydrogen-bond donors (Lipinski definition) is 2. The summed E-state index contributed by atoms with van der Waals surface area (Å²) in [5.74, 6) is -0.826. The van der Waals surface area contributed by atoms with Crippen LogP contribution in [0.25, 0.3) is 0 Å². The Hall–Kier alpha value is -1.15. The molecule has 17 heavy (non-hydrogen) atoms. The average molecular weight is 276 g/mol. The molecule has 1 aromatic heterocycles. The molecule has 0 spiro atoms. The molecule has 2 rings (SSSR count). The summed E-state index contributed by atoms with van der Waals surface area (Å²) in [6.07, 6.45) is 0.512. The molecule has 1 atom stereocenters. The Morgan fingerprint density at radius 1 is 1.59 bits per heavy atom. The van der Waals surface area contributed by atoms with E-state index in [0.29, 0.717) is 17.1 Å². The summed E-state index contributed by atoms with van der Waals surface area (Å²) < 4.78 is 26.5. The third-order valence-electron chi connectivity index (χ3n) is 2.64. The van der Waals surface area contributed by atoms with Gasteiger partial charge in [0.1, 0.15) is 10.6 Å². The van der Waals surface area contributed by atoms with Crippen LogP contribution >= 0.6 is 11.5 Å². The van der Waals surface area contributed by atoms with Crippen molar-refractivity contribution in [3.63, 3.8) is 0 Å². The number of carboxylic acid groups (broad SMARTS) is 1. The topological polar surface area (TPSA) is 96.4 Å². The van der Waals surface area contributed by atoms with Gasteiger partial charge in [0.25, 0.3) is 0 Å². The SMILES string of the molecule is Cc1nsc(NC2CCS(=O)(=O)C2)c1C(=O)O. The summed E-state index contributed by atoms with van der Waals surface area (Å²) in [5.41, 5.74) is 0.588. The fourth-order valence-corrected chi connectivity index (χ4v) is 4.35. The van der Waals surface area contributed by atoms with Crippen LogP contribution in [0.1, 0.15) is 22.5 Å². The van der Waals surface area contributed by atoms with Gasteiger partial charge in [0.15, 0.2) is 9.84 Å². The molecule has 6 nitrogen and oxygen atoms in total. The third kappa shape index (κ3) is 2.58. The number of sulfone groups is 1. The standard InChI is InChI=1S/C9H12N2O4S2/c1-5-7(9(12)13)8(16-11-5)10-6-2-3-17(14,15)4-6/h6,10H,2-4H2,1H3,(H,12,13). The molecule has 1 aromatic rings. The van der Waals surface area contributed by atoms with Crippen LogP contribution in [-0.2, 0) is 9.84 Å². The van der Waals surface area contributed by atoms with Gasteiger partial charge in [0.2, 0.25) is 0 Å². The van der Waals surface area contributed by atoms with Crippen molar-refractivity contribution < 1.29 is 18.3 Å². The highest BCUT2D eigenvalue weighted by molar-refractivity contribution is 7.91. The van der Waals surface area contributed by atoms with Gasteiger partial charge in [0.05, 0.1) is 17.2 Å². The molecule has 1 aliphatic heterocycles. The van der Waals surface area contributed by atoms with Gasteiger partial charge in [-0.1, -0.05) is 0 Å². The lowest BCUT2D eigenvalue weighted by Gasteiger charge is -2.10. The van der Waals surface area contributed by atoms with Crippen LogP contribution in [0.5, 0.6) is 0 Å². The van der Waals surface area contributed by atoms with E-state index in [2.05, 4.69) is 9.69 Å². The Bertz CT molecular complexity index is 549. The molecule has 2 heterocycles. The number of rotatable bonds is 3. The normalized spacial score (nSPS) is 22.5. The Morgan fingerprint density at radius 3 is 2.82 bits per heavy atom. The lowest BCUT2D eigenvalue weighted by atomic mass is 10.2. The van der Waals surface area contributed by atoms with Crippen molar-refractivity contribution in [2.75, 3.05) is 16.8 Å². The second-order valence-electron chi connectivity index (χ2n) is 4.02. The minimum atomic E-state index is -2.97. The van der Waals surface area contributed by atoms with Crippen molar-refractivity contribution >= 4 is 32.3 Å². The van der Waals surface area contributed by atoms with E-state index in [1.807, 2.05) is 0 Å². The molecule has 1 unspecified atom stereocenters. The highest BCUT2D eigenvalue weighted by Crippen LogP contribution is 2.27. The lowest BCUT2D eigenvalue weighted by molar-refractivity contribution is 0.0697. The third-order valence-corrected chi connectivity index (χ3v) is 5.28. The molecule has 1 aliphatic rings. The molecular weight excluding hydrogens is 264 g/mol. The Labute approximate surface area is 103 Å². The molecule has 1 saturated heterocycles. The second-order valence-corrected chi connectivity index (χ2v) is 7.02. The maximum Gasteiger partial charge on any atom is 0.340 e. The predicted octanol–water partition coefficient (Wildman–Crippen LogP) is 0.749. The van der Waals surface area contributed by atoms with Crippen LogP contribution in [0, 0.1) is 6.92 Å². The number of aromatic carboxylic acids is 1. The Balaban J connectivity index is 2.18. The number of aryl methyl sites for hydroxylation is 1. The van der Waals surface area contributed by atoms with E-state index in [4.69, 9.17) is 5.11 Å². The zero-order valence-corrected chi connectivity index (χ0v) is 10.8. The van der Waals surface area contributed by atoms with Gasteiger partial charge in [-0.25, -0.2) is 13.2 Å². The van der Waals surface area contributed by atoms with E-state index in [1.165, 1.54) is 0 Å². The lowest BCUT2D eigenvalue weighted by Crippen LogP contribution is -2.21. The minimum absolute atomic E-state index is 0.0585. The number of hydrogen-bond acceptors (Lipinski definition) is 6. The second kappa shape index (κ2) is 4.26. The van der Waals surface area contributed by atoms with E-state index >= 15 is 0 Å². The first-order chi connectivity index (χ1) is 7.89. The summed E-state index contributed by atoms with van der Waals surface area (Å²) in [4.78, 5) is 11.0. The van der Waals surface area contributed by atoms with Crippen LogP contribution in [-0.4, -0.2) is 41.4 Å². The first kappa shape index (κ1) is 12.3. The molecule has 94 valence electrons. The van der Waals surface area contributed by atoms with E-state index in [1.54, 1.807) is 6.92 Å². The summed E-state index contributed by atoms with van der Waals surface area (Å²) in [7, 11) is -2.97. The van der Waals surface area contributed by atoms with Crippen molar-refractivity contribution in [2.45, 2.75) is 19.4 Å². The maximum absolute atomic E-state index is 11.3. The highest BCUT2D eigenvalue weighted by Gasteiger charge is 2.29. The van der Waals surface area contributed by atoms with Crippen molar-refractivity contribution in [3.05, 3.63) is 11.3 Å². The summed E-state index contributed by atoms with van der Waals surface area (Å²) >= 11 is 1.05. The quantitative estimate of drug-likeness (QED) is 0.845. The number of carbonyl (C=O) groups is 1. The van der Waals surface area contributed by atoms with Crippen molar-refractivity contribution in [1.29, 1.82) is 0 Å². The van der Waals surface area contributed by atoms with E-state index in [-0.39, 0.29) is 23.1 Å². The van der Waals surface area contributed by atoms with Crippen molar-refractivity contribution in [3.8, 4) is 0 Å². The maximum atomic E-state index is 11.3. The number of anilines is 1. The van der Waals surface area contributed by atoms with Gasteiger partial charge in [0, 0.05) is 6.04 Å². The fourth-order valence-electron chi connectivity index (χ4n) is 1.81. The largest absolute Gasteiger partial charge is 0.478 e. The van der Waals surface area contributed by atoms with Crippen LogP contribution in [0.15, 0.2) is 0 Å². The molecule has 0 aliphatic carbocycles. The van der Waals surface area contributed by atoms with Crippen LogP contribution in [0.2, 0.25) is 0 Å². The van der Waals surface area contributed by atoms with Gasteiger partial charge in [-0.3, -0.25) is 0 Å². The molecule has 2 N–H and O–H groups in total. The molecule has 0 amide bonds. The predicted molar refractivity (Wildman–Crippen MR) is 64.5 cm³/mol. The van der Waals surface area contributed by atoms with Crippen LogP contribution in [0.3, 0.4) is 0 Å². The summed E-state index contributed by atoms with van der Waals surface area (Å²) in [6, 6.07) is -0.210. The number of aromatic nitrogens is 1. The Morgan fingerprint density at radius 2 is 2.29 bits per heavy atom. The molecule has 1 fully saturated rings. The number of nitrogens with one attached hydrogen (secondary N) is 1. The molecule has 0 bridgehead atoms. The number of nitrogens with zero attached hydrogens (tertiary/aromatic N) is 1.